The van der Waals surface area contributed by atoms with Crippen molar-refractivity contribution < 1.29 is 28.5 Å². The molecule has 3 N–H and O–H groups in total. The summed E-state index contributed by atoms with van der Waals surface area (Å²) in [6.45, 7) is 5.41. The van der Waals surface area contributed by atoms with Gasteiger partial charge in [0.2, 0.25) is 23.7 Å². The molecule has 322 valence electrons. The van der Waals surface area contributed by atoms with E-state index in [2.05, 4.69) is 30.8 Å². The maximum absolute atomic E-state index is 13.2. The molecule has 3 aliphatic rings. The number of anilines is 5. The van der Waals surface area contributed by atoms with Crippen molar-refractivity contribution in [1.82, 2.24) is 25.1 Å². The number of hydrogen-bond donors (Lipinski definition) is 3. The van der Waals surface area contributed by atoms with Crippen LogP contribution in [0.1, 0.15) is 67.3 Å². The van der Waals surface area contributed by atoms with Gasteiger partial charge in [0.25, 0.3) is 5.91 Å². The highest BCUT2D eigenvalue weighted by Crippen LogP contribution is 2.39. The van der Waals surface area contributed by atoms with Gasteiger partial charge in [-0.05, 0) is 93.1 Å². The quantitative estimate of drug-likeness (QED) is 0.0442. The van der Waals surface area contributed by atoms with Gasteiger partial charge in [0, 0.05) is 73.1 Å². The molecule has 4 aromatic rings. The van der Waals surface area contributed by atoms with Crippen molar-refractivity contribution in [3.05, 3.63) is 83.0 Å². The SMILES string of the molecule is COc1cc(N2CCC(N(C)C(=O)CCCCCSc3cccc4c3CN(C3CCC(=O)NC3=O)C4=O)CC2)ccc1Nc1ncc(Cl)c(Nc2ccccc2P(C)(C)=O)n1. The topological polar surface area (TPSA) is 166 Å². The first-order valence-electron chi connectivity index (χ1n) is 20.6. The van der Waals surface area contributed by atoms with Crippen molar-refractivity contribution in [2.75, 3.05) is 61.9 Å². The number of hydrogen-bond acceptors (Lipinski definition) is 12. The number of rotatable bonds is 16. The summed E-state index contributed by atoms with van der Waals surface area (Å²) in [6, 6.07) is 18.6. The van der Waals surface area contributed by atoms with Gasteiger partial charge in [0.05, 0.1) is 24.7 Å². The maximum atomic E-state index is 13.2. The van der Waals surface area contributed by atoms with E-state index in [1.165, 1.54) is 6.20 Å². The number of unbranched alkanes of at least 4 members (excludes halogenated alkanes) is 2. The molecule has 3 aliphatic heterocycles. The van der Waals surface area contributed by atoms with Crippen LogP contribution in [0.5, 0.6) is 5.75 Å². The normalized spacial score (nSPS) is 16.9. The lowest BCUT2D eigenvalue weighted by molar-refractivity contribution is -0.137. The number of amides is 4. The molecule has 2 saturated heterocycles. The van der Waals surface area contributed by atoms with Crippen molar-refractivity contribution in [2.24, 2.45) is 0 Å². The van der Waals surface area contributed by atoms with Crippen LogP contribution in [0.25, 0.3) is 0 Å². The first kappa shape index (κ1) is 44.0. The lowest BCUT2D eigenvalue weighted by atomic mass is 10.0. The van der Waals surface area contributed by atoms with Gasteiger partial charge in [0.15, 0.2) is 5.82 Å². The molecule has 4 amide bonds. The Labute approximate surface area is 365 Å². The lowest BCUT2D eigenvalue weighted by Gasteiger charge is -2.38. The van der Waals surface area contributed by atoms with E-state index in [1.54, 1.807) is 37.1 Å². The molecule has 1 aromatic heterocycles. The van der Waals surface area contributed by atoms with E-state index in [-0.39, 0.29) is 30.2 Å². The van der Waals surface area contributed by atoms with Crippen LogP contribution in [0, 0.1) is 0 Å². The van der Waals surface area contributed by atoms with Gasteiger partial charge in [-0.15, -0.1) is 11.8 Å². The van der Waals surface area contributed by atoms with Crippen molar-refractivity contribution in [3.63, 3.8) is 0 Å². The summed E-state index contributed by atoms with van der Waals surface area (Å²) in [4.78, 5) is 66.3. The number of nitrogens with one attached hydrogen (secondary N) is 3. The smallest absolute Gasteiger partial charge is 0.255 e. The van der Waals surface area contributed by atoms with Crippen molar-refractivity contribution >= 4 is 88.3 Å². The zero-order valence-corrected chi connectivity index (χ0v) is 37.4. The fraction of sp³-hybridized carbons (Fsp3) is 0.409. The van der Waals surface area contributed by atoms with E-state index in [4.69, 9.17) is 16.3 Å². The summed E-state index contributed by atoms with van der Waals surface area (Å²) in [5.41, 5.74) is 3.94. The Morgan fingerprint density at radius 1 is 1.00 bits per heavy atom. The van der Waals surface area contributed by atoms with Crippen LogP contribution in [0.3, 0.4) is 0 Å². The second-order valence-electron chi connectivity index (χ2n) is 16.0. The van der Waals surface area contributed by atoms with E-state index in [1.807, 2.05) is 72.6 Å². The minimum Gasteiger partial charge on any atom is -0.494 e. The highest BCUT2D eigenvalue weighted by atomic mass is 35.5. The summed E-state index contributed by atoms with van der Waals surface area (Å²) in [6.07, 6.45) is 6.98. The molecule has 0 radical (unpaired) electrons. The molecule has 0 aliphatic carbocycles. The number of piperidine rings is 2. The highest BCUT2D eigenvalue weighted by molar-refractivity contribution is 7.99. The number of ether oxygens (including phenoxy) is 1. The fourth-order valence-electron chi connectivity index (χ4n) is 8.11. The molecular formula is C44H52ClN8O6PS. The molecule has 0 bridgehead atoms. The Morgan fingerprint density at radius 2 is 1.79 bits per heavy atom. The molecule has 1 atom stereocenters. The van der Waals surface area contributed by atoms with E-state index in [0.29, 0.717) is 64.2 Å². The Balaban J connectivity index is 0.849. The van der Waals surface area contributed by atoms with E-state index >= 15 is 0 Å². The molecule has 4 heterocycles. The number of carbonyl (C=O) groups is 4. The molecular weight excluding hydrogens is 835 g/mol. The lowest BCUT2D eigenvalue weighted by Crippen LogP contribution is -2.52. The number of benzene rings is 3. The average Bonchev–Trinajstić information content (AvgIpc) is 3.59. The van der Waals surface area contributed by atoms with Crippen molar-refractivity contribution in [1.29, 1.82) is 0 Å². The molecule has 0 spiro atoms. The Morgan fingerprint density at radius 3 is 2.54 bits per heavy atom. The first-order chi connectivity index (χ1) is 29.3. The summed E-state index contributed by atoms with van der Waals surface area (Å²) < 4.78 is 18.7. The molecule has 2 fully saturated rings. The molecule has 17 heteroatoms. The number of halogens is 1. The fourth-order valence-corrected chi connectivity index (χ4v) is 10.5. The minimum atomic E-state index is -2.56. The number of imide groups is 1. The average molecular weight is 887 g/mol. The third-order valence-corrected chi connectivity index (χ3v) is 14.5. The van der Waals surface area contributed by atoms with Crippen LogP contribution >= 0.6 is 30.5 Å². The molecule has 61 heavy (non-hydrogen) atoms. The Kier molecular flexibility index (Phi) is 13.9. The molecule has 7 rings (SSSR count). The summed E-state index contributed by atoms with van der Waals surface area (Å²) in [5, 5.41) is 9.87. The third-order valence-electron chi connectivity index (χ3n) is 11.5. The number of aromatic nitrogens is 2. The van der Waals surface area contributed by atoms with Crippen LogP contribution in [0.2, 0.25) is 5.02 Å². The highest BCUT2D eigenvalue weighted by Gasteiger charge is 2.40. The van der Waals surface area contributed by atoms with Crippen molar-refractivity contribution in [3.8, 4) is 5.75 Å². The standard InChI is InChI=1S/C44H52ClN8O6PS/c1-51(40(55)15-6-5-9-24-61-38-14-10-11-30-31(38)27-53(43(30)57)35-18-19-39(54)49-42(35)56)28-20-22-52(23-21-28)29-16-17-33(36(25-29)59-2)48-44-46-26-32(45)41(50-44)47-34-12-7-8-13-37(34)60(3,4)58/h7-8,10-14,16-17,25-26,28,35H,5-6,9,15,18-24,27H2,1-4H3,(H,49,54,56)(H2,46,47,48,50). The van der Waals surface area contributed by atoms with Crippen LogP contribution in [-0.4, -0.2) is 102 Å². The van der Waals surface area contributed by atoms with Gasteiger partial charge < -0.3 is 34.6 Å². The number of fused-ring (bicyclic) bond motifs is 1. The van der Waals surface area contributed by atoms with E-state index < -0.39 is 19.1 Å². The summed E-state index contributed by atoms with van der Waals surface area (Å²) >= 11 is 8.17. The van der Waals surface area contributed by atoms with E-state index in [9.17, 15) is 23.7 Å². The monoisotopic (exact) mass is 886 g/mol. The van der Waals surface area contributed by atoms with Gasteiger partial charge in [-0.1, -0.05) is 36.2 Å². The van der Waals surface area contributed by atoms with Gasteiger partial charge in [0.1, 0.15) is 24.0 Å². The minimum absolute atomic E-state index is 0.162. The van der Waals surface area contributed by atoms with Crippen LogP contribution in [0.15, 0.2) is 71.8 Å². The van der Waals surface area contributed by atoms with E-state index in [0.717, 1.165) is 67.1 Å². The Bertz CT molecular complexity index is 2350. The number of para-hydroxylation sites is 1. The molecule has 3 aromatic carbocycles. The molecule has 1 unspecified atom stereocenters. The zero-order chi connectivity index (χ0) is 43.3. The largest absolute Gasteiger partial charge is 0.494 e. The second-order valence-corrected chi connectivity index (χ2v) is 20.7. The maximum Gasteiger partial charge on any atom is 0.255 e. The Hall–Kier alpha value is -5.11. The predicted octanol–water partition coefficient (Wildman–Crippen LogP) is 7.41. The van der Waals surface area contributed by atoms with Crippen LogP contribution in [-0.2, 0) is 25.5 Å². The van der Waals surface area contributed by atoms with Gasteiger partial charge in [-0.3, -0.25) is 24.5 Å². The van der Waals surface area contributed by atoms with Gasteiger partial charge >= 0.3 is 0 Å². The second kappa shape index (κ2) is 19.3. The number of carbonyl (C=O) groups excluding carboxylic acids is 4. The summed E-state index contributed by atoms with van der Waals surface area (Å²) in [5.74, 6) is 1.48. The predicted molar refractivity (Wildman–Crippen MR) is 242 cm³/mol. The summed E-state index contributed by atoms with van der Waals surface area (Å²) in [7, 11) is 0.977. The number of nitrogens with zero attached hydrogens (tertiary/aromatic N) is 5. The zero-order valence-electron chi connectivity index (χ0n) is 34.9. The van der Waals surface area contributed by atoms with Crippen molar-refractivity contribution in [2.45, 2.75) is 74.9 Å². The van der Waals surface area contributed by atoms with Crippen LogP contribution in [0.4, 0.5) is 28.8 Å². The third kappa shape index (κ3) is 10.3. The molecule has 14 nitrogen and oxygen atoms in total. The van der Waals surface area contributed by atoms with Gasteiger partial charge in [-0.25, -0.2) is 4.98 Å². The van der Waals surface area contributed by atoms with Crippen LogP contribution < -0.4 is 30.9 Å². The van der Waals surface area contributed by atoms with Gasteiger partial charge in [-0.2, -0.15) is 4.98 Å². The number of methoxy groups -OCH3 is 1. The number of thioether (sulfide) groups is 1. The molecule has 0 saturated carbocycles. The first-order valence-corrected chi connectivity index (χ1v) is 24.6.